The molecule has 3 heterocycles. The second-order valence-corrected chi connectivity index (χ2v) is 11.2. The Morgan fingerprint density at radius 2 is 2.09 bits per heavy atom. The van der Waals surface area contributed by atoms with E-state index >= 15 is 0 Å². The van der Waals surface area contributed by atoms with Gasteiger partial charge in [-0.1, -0.05) is 38.2 Å². The van der Waals surface area contributed by atoms with Crippen molar-refractivity contribution in [2.24, 2.45) is 5.92 Å². The van der Waals surface area contributed by atoms with Gasteiger partial charge in [-0.3, -0.25) is 9.21 Å². The number of halogens is 1. The molecule has 5 nitrogen and oxygen atoms in total. The second kappa shape index (κ2) is 9.35. The molecular weight excluding hydrogens is 423 g/mol. The van der Waals surface area contributed by atoms with Gasteiger partial charge in [-0.25, -0.2) is 13.7 Å². The number of rotatable bonds is 5. The van der Waals surface area contributed by atoms with Gasteiger partial charge in [0.15, 0.2) is 6.39 Å². The molecule has 174 valence electrons. The predicted molar refractivity (Wildman–Crippen MR) is 128 cm³/mol. The fraction of sp³-hybridized carbons (Fsp3) is 0.640. The molecule has 0 unspecified atom stereocenters. The maximum Gasteiger partial charge on any atom is 0.181 e. The molecule has 1 saturated carbocycles. The molecule has 2 saturated heterocycles. The molecule has 2 aromatic rings. The van der Waals surface area contributed by atoms with Crippen molar-refractivity contribution in [2.75, 3.05) is 24.4 Å². The van der Waals surface area contributed by atoms with E-state index in [1.54, 1.807) is 24.6 Å². The van der Waals surface area contributed by atoms with Crippen molar-refractivity contribution in [3.05, 3.63) is 47.9 Å². The highest BCUT2D eigenvalue weighted by Crippen LogP contribution is 2.47. The van der Waals surface area contributed by atoms with Gasteiger partial charge < -0.3 is 4.42 Å². The van der Waals surface area contributed by atoms with Crippen LogP contribution in [0.2, 0.25) is 0 Å². The maximum absolute atomic E-state index is 14.0. The van der Waals surface area contributed by atoms with Crippen LogP contribution in [0.4, 0.5) is 10.1 Å². The van der Waals surface area contributed by atoms with E-state index < -0.39 is 0 Å². The van der Waals surface area contributed by atoms with Crippen LogP contribution in [0.25, 0.3) is 0 Å². The number of anilines is 1. The van der Waals surface area contributed by atoms with Crippen molar-refractivity contribution in [1.29, 1.82) is 0 Å². The molecule has 2 atom stereocenters. The monoisotopic (exact) mass is 458 g/mol. The number of nitrogens with zero attached hydrogens (tertiary/aromatic N) is 4. The van der Waals surface area contributed by atoms with Crippen molar-refractivity contribution >= 4 is 17.8 Å². The number of hydrogen-bond acceptors (Lipinski definition) is 6. The van der Waals surface area contributed by atoms with Crippen molar-refractivity contribution < 1.29 is 8.81 Å². The Labute approximate surface area is 195 Å². The summed E-state index contributed by atoms with van der Waals surface area (Å²) in [4.78, 5) is 7.17. The molecule has 1 aromatic heterocycles. The molecule has 0 amide bonds. The lowest BCUT2D eigenvalue weighted by Crippen LogP contribution is -2.56. The Morgan fingerprint density at radius 1 is 1.25 bits per heavy atom. The predicted octanol–water partition coefficient (Wildman–Crippen LogP) is 5.67. The van der Waals surface area contributed by atoms with Gasteiger partial charge in [-0.05, 0) is 50.9 Å². The summed E-state index contributed by atoms with van der Waals surface area (Å²) in [5, 5.41) is 0. The molecule has 5 rings (SSSR count). The molecule has 1 aliphatic carbocycles. The number of likely N-dealkylation sites (N-methyl/N-ethyl adjacent to an activating group) is 1. The second-order valence-electron chi connectivity index (χ2n) is 10.1. The topological polar surface area (TPSA) is 35.8 Å². The van der Waals surface area contributed by atoms with Crippen molar-refractivity contribution in [3.63, 3.8) is 0 Å². The number of piperidine rings is 1. The minimum absolute atomic E-state index is 0.0257. The molecule has 32 heavy (non-hydrogen) atoms. The van der Waals surface area contributed by atoms with Crippen molar-refractivity contribution in [3.8, 4) is 0 Å². The van der Waals surface area contributed by atoms with Crippen LogP contribution in [-0.4, -0.2) is 45.9 Å². The zero-order valence-electron chi connectivity index (χ0n) is 19.3. The van der Waals surface area contributed by atoms with Crippen molar-refractivity contribution in [2.45, 2.75) is 76.4 Å². The third-order valence-corrected chi connectivity index (χ3v) is 8.82. The zero-order valence-corrected chi connectivity index (χ0v) is 20.1. The smallest absolute Gasteiger partial charge is 0.181 e. The molecule has 2 aliphatic heterocycles. The van der Waals surface area contributed by atoms with E-state index in [2.05, 4.69) is 32.5 Å². The summed E-state index contributed by atoms with van der Waals surface area (Å²) in [5.41, 5.74) is 2.11. The summed E-state index contributed by atoms with van der Waals surface area (Å²) in [5.74, 6) is 1.68. The van der Waals surface area contributed by atoms with Gasteiger partial charge in [-0.2, -0.15) is 0 Å². The number of oxazole rings is 1. The van der Waals surface area contributed by atoms with E-state index in [4.69, 9.17) is 4.42 Å². The molecule has 7 heteroatoms. The summed E-state index contributed by atoms with van der Waals surface area (Å²) in [6.07, 6.45) is 11.5. The third kappa shape index (κ3) is 4.57. The van der Waals surface area contributed by atoms with E-state index in [-0.39, 0.29) is 11.4 Å². The molecule has 3 aliphatic rings. The van der Waals surface area contributed by atoms with E-state index in [9.17, 15) is 4.39 Å². The molecule has 3 fully saturated rings. The van der Waals surface area contributed by atoms with Crippen LogP contribution in [0, 0.1) is 11.7 Å². The Morgan fingerprint density at radius 3 is 2.88 bits per heavy atom. The van der Waals surface area contributed by atoms with Crippen LogP contribution in [-0.2, 0) is 13.0 Å². The SMILES string of the molecule is C[C@H]1C[C@]2(CCN1Cc1ncoc1CC1CCCCC1)CN(C)SN2c1cccc(F)c1. The average molecular weight is 459 g/mol. The van der Waals surface area contributed by atoms with E-state index in [0.29, 0.717) is 6.04 Å². The van der Waals surface area contributed by atoms with Gasteiger partial charge in [0.25, 0.3) is 0 Å². The third-order valence-electron chi connectivity index (χ3n) is 7.65. The normalized spacial score (nSPS) is 28.1. The van der Waals surface area contributed by atoms with Gasteiger partial charge in [0.1, 0.15) is 11.6 Å². The number of likely N-dealkylation sites (tertiary alicyclic amines) is 1. The summed E-state index contributed by atoms with van der Waals surface area (Å²) in [7, 11) is 2.13. The molecular formula is C25H35FN4OS. The van der Waals surface area contributed by atoms with Crippen molar-refractivity contribution in [1.82, 2.24) is 14.2 Å². The van der Waals surface area contributed by atoms with Gasteiger partial charge in [-0.15, -0.1) is 0 Å². The Balaban J connectivity index is 1.27. The minimum Gasteiger partial charge on any atom is -0.448 e. The number of hydrogen-bond donors (Lipinski definition) is 0. The largest absolute Gasteiger partial charge is 0.448 e. The number of aromatic nitrogens is 1. The Kier molecular flexibility index (Phi) is 6.50. The highest BCUT2D eigenvalue weighted by Gasteiger charge is 2.49. The summed E-state index contributed by atoms with van der Waals surface area (Å²) < 4.78 is 24.4. The van der Waals surface area contributed by atoms with Gasteiger partial charge in [0.05, 0.1) is 16.9 Å². The van der Waals surface area contributed by atoms with E-state index in [1.807, 2.05) is 12.1 Å². The van der Waals surface area contributed by atoms with Crippen LogP contribution >= 0.6 is 12.1 Å². The minimum atomic E-state index is -0.171. The Hall–Kier alpha value is -1.57. The molecule has 1 aromatic carbocycles. The summed E-state index contributed by atoms with van der Waals surface area (Å²) in [6.45, 7) is 5.19. The van der Waals surface area contributed by atoms with Gasteiger partial charge in [0.2, 0.25) is 0 Å². The van der Waals surface area contributed by atoms with E-state index in [1.165, 1.54) is 38.2 Å². The van der Waals surface area contributed by atoms with Crippen LogP contribution < -0.4 is 4.31 Å². The number of benzene rings is 1. The lowest BCUT2D eigenvalue weighted by molar-refractivity contribution is 0.0987. The van der Waals surface area contributed by atoms with Gasteiger partial charge in [0, 0.05) is 44.2 Å². The molecule has 1 spiro atoms. The van der Waals surface area contributed by atoms with Crippen LogP contribution in [0.15, 0.2) is 35.1 Å². The van der Waals surface area contributed by atoms with Gasteiger partial charge >= 0.3 is 0 Å². The molecule has 0 N–H and O–H groups in total. The molecule has 0 bridgehead atoms. The highest BCUT2D eigenvalue weighted by atomic mass is 32.2. The van der Waals surface area contributed by atoms with Crippen LogP contribution in [0.5, 0.6) is 0 Å². The first-order chi connectivity index (χ1) is 15.5. The van der Waals surface area contributed by atoms with E-state index in [0.717, 1.165) is 62.0 Å². The van der Waals surface area contributed by atoms with Crippen LogP contribution in [0.3, 0.4) is 0 Å². The van der Waals surface area contributed by atoms with Crippen LogP contribution in [0.1, 0.15) is 63.3 Å². The lowest BCUT2D eigenvalue weighted by Gasteiger charge is -2.47. The first kappa shape index (κ1) is 22.2. The fourth-order valence-corrected chi connectivity index (χ4v) is 7.19. The summed E-state index contributed by atoms with van der Waals surface area (Å²) >= 11 is 1.72. The molecule has 0 radical (unpaired) electrons. The zero-order chi connectivity index (χ0) is 22.1. The summed E-state index contributed by atoms with van der Waals surface area (Å²) in [6, 6.07) is 7.45. The highest BCUT2D eigenvalue weighted by molar-refractivity contribution is 7.98. The average Bonchev–Trinajstić information content (AvgIpc) is 3.34. The maximum atomic E-state index is 14.0. The fourth-order valence-electron chi connectivity index (χ4n) is 6.01. The first-order valence-electron chi connectivity index (χ1n) is 12.1. The Bertz CT molecular complexity index is 917. The quantitative estimate of drug-likeness (QED) is 0.537. The standard InChI is InChI=1S/C25H35FN4OS/c1-19-15-25(17-28(2)32-30(25)22-10-6-9-21(26)14-22)11-12-29(19)16-23-24(31-18-27-23)13-20-7-4-3-5-8-20/h6,9-10,14,18-20H,3-5,7-8,11-13,15-17H2,1-2H3/t19-,25+/m0/s1. The lowest BCUT2D eigenvalue weighted by atomic mass is 9.82. The first-order valence-corrected chi connectivity index (χ1v) is 12.9.